The van der Waals surface area contributed by atoms with Gasteiger partial charge in [0.05, 0.1) is 7.11 Å². The predicted molar refractivity (Wildman–Crippen MR) is 79.0 cm³/mol. The Morgan fingerprint density at radius 3 is 2.53 bits per heavy atom. The summed E-state index contributed by atoms with van der Waals surface area (Å²) in [5, 5.41) is 3.57. The lowest BCUT2D eigenvalue weighted by Crippen LogP contribution is -2.25. The van der Waals surface area contributed by atoms with Gasteiger partial charge in [-0.15, -0.1) is 0 Å². The fraction of sp³-hybridized carbons (Fsp3) is 0.647. The molecule has 2 aliphatic carbocycles. The van der Waals surface area contributed by atoms with Crippen LogP contribution in [0.2, 0.25) is 0 Å². The second-order valence-electron chi connectivity index (χ2n) is 6.19. The van der Waals surface area contributed by atoms with Crippen molar-refractivity contribution in [3.8, 4) is 5.75 Å². The minimum Gasteiger partial charge on any atom is -0.496 e. The smallest absolute Gasteiger partial charge is 0.126 e. The van der Waals surface area contributed by atoms with E-state index in [4.69, 9.17) is 4.74 Å². The molecule has 1 fully saturated rings. The zero-order valence-corrected chi connectivity index (χ0v) is 12.5. The molecule has 0 radical (unpaired) electrons. The Hall–Kier alpha value is -1.02. The number of nitrogens with one attached hydrogen (secondary N) is 1. The van der Waals surface area contributed by atoms with Gasteiger partial charge in [-0.3, -0.25) is 0 Å². The summed E-state index contributed by atoms with van der Waals surface area (Å²) in [5.41, 5.74) is 5.78. The van der Waals surface area contributed by atoms with Gasteiger partial charge in [0.15, 0.2) is 0 Å². The third-order valence-corrected chi connectivity index (χ3v) is 5.20. The van der Waals surface area contributed by atoms with Gasteiger partial charge in [0.2, 0.25) is 0 Å². The average Bonchev–Trinajstić information content (AvgIpc) is 2.73. The molecule has 0 amide bonds. The molecule has 0 heterocycles. The summed E-state index contributed by atoms with van der Waals surface area (Å²) in [4.78, 5) is 0. The molecule has 1 aromatic carbocycles. The lowest BCUT2D eigenvalue weighted by molar-refractivity contribution is 0.269. The number of fused-ring (bicyclic) bond motifs is 3. The van der Waals surface area contributed by atoms with Gasteiger partial charge in [0, 0.05) is 11.6 Å². The molecule has 2 heteroatoms. The zero-order valence-electron chi connectivity index (χ0n) is 12.5. The van der Waals surface area contributed by atoms with E-state index >= 15 is 0 Å². The predicted octanol–water partition coefficient (Wildman–Crippen LogP) is 3.86. The van der Waals surface area contributed by atoms with E-state index in [1.807, 2.05) is 7.11 Å². The van der Waals surface area contributed by atoms with Crippen LogP contribution in [0.25, 0.3) is 0 Å². The second-order valence-corrected chi connectivity index (χ2v) is 6.19. The molecule has 0 spiro atoms. The van der Waals surface area contributed by atoms with E-state index in [-0.39, 0.29) is 0 Å². The highest BCUT2D eigenvalue weighted by molar-refractivity contribution is 5.56. The molecule has 19 heavy (non-hydrogen) atoms. The highest BCUT2D eigenvalue weighted by Crippen LogP contribution is 2.56. The van der Waals surface area contributed by atoms with Gasteiger partial charge in [-0.05, 0) is 62.3 Å². The van der Waals surface area contributed by atoms with Crippen molar-refractivity contribution in [1.29, 1.82) is 0 Å². The van der Waals surface area contributed by atoms with Crippen molar-refractivity contribution >= 4 is 0 Å². The summed E-state index contributed by atoms with van der Waals surface area (Å²) in [7, 11) is 3.91. The van der Waals surface area contributed by atoms with Crippen LogP contribution in [0, 0.1) is 19.8 Å². The monoisotopic (exact) mass is 259 g/mol. The minimum absolute atomic E-state index is 0.480. The molecule has 0 aliphatic heterocycles. The second kappa shape index (κ2) is 4.82. The Morgan fingerprint density at radius 2 is 1.84 bits per heavy atom. The number of hydrogen-bond donors (Lipinski definition) is 1. The van der Waals surface area contributed by atoms with Crippen LogP contribution in [0.4, 0.5) is 0 Å². The van der Waals surface area contributed by atoms with E-state index < -0.39 is 0 Å². The maximum absolute atomic E-state index is 5.74. The molecular weight excluding hydrogens is 234 g/mol. The highest BCUT2D eigenvalue weighted by Gasteiger charge is 2.43. The van der Waals surface area contributed by atoms with Crippen LogP contribution < -0.4 is 10.1 Å². The first-order valence-corrected chi connectivity index (χ1v) is 7.54. The van der Waals surface area contributed by atoms with Gasteiger partial charge in [0.25, 0.3) is 0 Å². The first-order chi connectivity index (χ1) is 9.19. The number of methoxy groups -OCH3 is 1. The lowest BCUT2D eigenvalue weighted by Gasteiger charge is -2.29. The van der Waals surface area contributed by atoms with Crippen molar-refractivity contribution in [3.63, 3.8) is 0 Å². The Balaban J connectivity index is 2.21. The van der Waals surface area contributed by atoms with E-state index in [9.17, 15) is 0 Å². The Bertz CT molecular complexity index is 495. The quantitative estimate of drug-likeness (QED) is 0.870. The van der Waals surface area contributed by atoms with Crippen LogP contribution in [0.1, 0.15) is 59.9 Å². The van der Waals surface area contributed by atoms with Crippen LogP contribution in [-0.2, 0) is 0 Å². The van der Waals surface area contributed by atoms with Gasteiger partial charge in [-0.2, -0.15) is 0 Å². The van der Waals surface area contributed by atoms with Gasteiger partial charge in [-0.1, -0.05) is 18.9 Å². The van der Waals surface area contributed by atoms with Crippen molar-refractivity contribution in [3.05, 3.63) is 28.3 Å². The fourth-order valence-corrected chi connectivity index (χ4v) is 4.58. The van der Waals surface area contributed by atoms with E-state index in [1.165, 1.54) is 42.4 Å². The molecule has 3 rings (SSSR count). The SMILES string of the molecule is CNC1c2c(OC)c(C)cc(C)c2C2CCCCC21. The van der Waals surface area contributed by atoms with Gasteiger partial charge in [-0.25, -0.2) is 0 Å². The van der Waals surface area contributed by atoms with Crippen LogP contribution in [-0.4, -0.2) is 14.2 Å². The Morgan fingerprint density at radius 1 is 1.11 bits per heavy atom. The molecule has 2 aliphatic rings. The summed E-state index contributed by atoms with van der Waals surface area (Å²) < 4.78 is 5.74. The molecule has 0 saturated heterocycles. The standard InChI is InChI=1S/C17H25NO/c1-10-9-11(2)17(19-4)15-14(10)12-7-5-6-8-13(12)16(15)18-3/h9,12-13,16,18H,5-8H2,1-4H3. The van der Waals surface area contributed by atoms with E-state index in [2.05, 4.69) is 32.3 Å². The largest absolute Gasteiger partial charge is 0.496 e. The molecule has 1 saturated carbocycles. The normalized spacial score (nSPS) is 28.9. The van der Waals surface area contributed by atoms with Crippen molar-refractivity contribution in [1.82, 2.24) is 5.32 Å². The van der Waals surface area contributed by atoms with Crippen molar-refractivity contribution in [2.24, 2.45) is 5.92 Å². The summed E-state index contributed by atoms with van der Waals surface area (Å²) in [6.07, 6.45) is 5.47. The summed E-state index contributed by atoms with van der Waals surface area (Å²) >= 11 is 0. The summed E-state index contributed by atoms with van der Waals surface area (Å²) in [6.45, 7) is 4.44. The molecule has 0 bridgehead atoms. The third-order valence-electron chi connectivity index (χ3n) is 5.20. The first kappa shape index (κ1) is 13.0. The van der Waals surface area contributed by atoms with Crippen molar-refractivity contribution < 1.29 is 4.74 Å². The third kappa shape index (κ3) is 1.80. The number of aryl methyl sites for hydroxylation is 2. The number of rotatable bonds is 2. The van der Waals surface area contributed by atoms with Crippen molar-refractivity contribution in [2.45, 2.75) is 51.5 Å². The van der Waals surface area contributed by atoms with Gasteiger partial charge in [0.1, 0.15) is 5.75 Å². The van der Waals surface area contributed by atoms with E-state index in [0.29, 0.717) is 6.04 Å². The highest BCUT2D eigenvalue weighted by atomic mass is 16.5. The number of ether oxygens (including phenoxy) is 1. The minimum atomic E-state index is 0.480. The molecule has 3 atom stereocenters. The molecule has 0 aromatic heterocycles. The Labute approximate surface area is 116 Å². The molecule has 104 valence electrons. The van der Waals surface area contributed by atoms with Crippen LogP contribution in [0.15, 0.2) is 6.07 Å². The van der Waals surface area contributed by atoms with Crippen LogP contribution in [0.5, 0.6) is 5.75 Å². The maximum Gasteiger partial charge on any atom is 0.126 e. The van der Waals surface area contributed by atoms with E-state index in [0.717, 1.165) is 17.6 Å². The molecular formula is C17H25NO. The Kier molecular flexibility index (Phi) is 3.30. The molecule has 3 unspecified atom stereocenters. The fourth-order valence-electron chi connectivity index (χ4n) is 4.58. The van der Waals surface area contributed by atoms with Crippen molar-refractivity contribution in [2.75, 3.05) is 14.2 Å². The van der Waals surface area contributed by atoms with E-state index in [1.54, 1.807) is 5.56 Å². The summed E-state index contributed by atoms with van der Waals surface area (Å²) in [6, 6.07) is 2.79. The zero-order chi connectivity index (χ0) is 13.6. The molecule has 1 N–H and O–H groups in total. The maximum atomic E-state index is 5.74. The molecule has 1 aromatic rings. The van der Waals surface area contributed by atoms with Gasteiger partial charge >= 0.3 is 0 Å². The summed E-state index contributed by atoms with van der Waals surface area (Å²) in [5.74, 6) is 2.63. The van der Waals surface area contributed by atoms with Crippen LogP contribution in [0.3, 0.4) is 0 Å². The molecule has 2 nitrogen and oxygen atoms in total. The van der Waals surface area contributed by atoms with Gasteiger partial charge < -0.3 is 10.1 Å². The lowest BCUT2D eigenvalue weighted by atomic mass is 9.78. The first-order valence-electron chi connectivity index (χ1n) is 7.54. The van der Waals surface area contributed by atoms with Crippen LogP contribution >= 0.6 is 0 Å². The number of hydrogen-bond acceptors (Lipinski definition) is 2. The topological polar surface area (TPSA) is 21.3 Å². The number of benzene rings is 1. The average molecular weight is 259 g/mol.